The number of ether oxygens (including phenoxy) is 1. The second kappa shape index (κ2) is 8.76. The van der Waals surface area contributed by atoms with E-state index in [2.05, 4.69) is 0 Å². The molecule has 1 heterocycles. The molecule has 5 nitrogen and oxygen atoms in total. The van der Waals surface area contributed by atoms with Crippen LogP contribution in [0, 0.1) is 5.92 Å². The minimum atomic E-state index is -0.340. The van der Waals surface area contributed by atoms with Gasteiger partial charge in [0.15, 0.2) is 0 Å². The number of hydrogen-bond donors (Lipinski definition) is 0. The Morgan fingerprint density at radius 2 is 1.69 bits per heavy atom. The van der Waals surface area contributed by atoms with Gasteiger partial charge in [0.25, 0.3) is 5.91 Å². The quantitative estimate of drug-likeness (QED) is 0.761. The summed E-state index contributed by atoms with van der Waals surface area (Å²) in [5, 5.41) is 0. The molecule has 3 fully saturated rings. The number of amides is 2. The van der Waals surface area contributed by atoms with Gasteiger partial charge in [0.1, 0.15) is 11.8 Å². The third-order valence-electron chi connectivity index (χ3n) is 7.42. The van der Waals surface area contributed by atoms with E-state index in [1.165, 1.54) is 25.7 Å². The molecule has 3 aliphatic rings. The molecule has 2 saturated carbocycles. The largest absolute Gasteiger partial charge is 0.496 e. The van der Waals surface area contributed by atoms with Gasteiger partial charge in [0.05, 0.1) is 12.7 Å². The summed E-state index contributed by atoms with van der Waals surface area (Å²) >= 11 is 0. The second-order valence-electron chi connectivity index (χ2n) is 9.02. The molecule has 0 bridgehead atoms. The fourth-order valence-electron chi connectivity index (χ4n) is 5.82. The molecule has 2 aliphatic carbocycles. The Balaban J connectivity index is 1.62. The van der Waals surface area contributed by atoms with Gasteiger partial charge in [-0.2, -0.15) is 0 Å². The molecule has 5 heteroatoms. The monoisotopic (exact) mass is 398 g/mol. The summed E-state index contributed by atoms with van der Waals surface area (Å²) in [6, 6.07) is 7.55. The highest BCUT2D eigenvalue weighted by Crippen LogP contribution is 2.42. The van der Waals surface area contributed by atoms with Crippen LogP contribution in [0.4, 0.5) is 0 Å². The highest BCUT2D eigenvalue weighted by atomic mass is 16.5. The van der Waals surface area contributed by atoms with Crippen molar-refractivity contribution in [3.8, 4) is 5.75 Å². The molecular weight excluding hydrogens is 364 g/mol. The van der Waals surface area contributed by atoms with Crippen molar-refractivity contribution in [2.24, 2.45) is 5.92 Å². The fraction of sp³-hybridized carbons (Fsp3) is 0.667. The van der Waals surface area contributed by atoms with E-state index in [0.29, 0.717) is 23.3 Å². The maximum Gasteiger partial charge on any atom is 0.258 e. The Morgan fingerprint density at radius 1 is 1.00 bits per heavy atom. The van der Waals surface area contributed by atoms with E-state index in [0.717, 1.165) is 38.5 Å². The highest BCUT2D eigenvalue weighted by Gasteiger charge is 2.49. The van der Waals surface area contributed by atoms with Crippen molar-refractivity contribution >= 4 is 11.8 Å². The summed E-state index contributed by atoms with van der Waals surface area (Å²) in [4.78, 5) is 31.2. The Morgan fingerprint density at radius 3 is 2.45 bits per heavy atom. The van der Waals surface area contributed by atoms with Crippen LogP contribution in [-0.4, -0.2) is 53.9 Å². The molecule has 3 atom stereocenters. The molecule has 0 aromatic heterocycles. The zero-order valence-corrected chi connectivity index (χ0v) is 17.8. The van der Waals surface area contributed by atoms with Gasteiger partial charge >= 0.3 is 0 Å². The van der Waals surface area contributed by atoms with Crippen LogP contribution in [0.5, 0.6) is 5.75 Å². The first-order valence-corrected chi connectivity index (χ1v) is 11.3. The molecule has 0 N–H and O–H groups in total. The van der Waals surface area contributed by atoms with Crippen LogP contribution in [0.1, 0.15) is 74.6 Å². The lowest BCUT2D eigenvalue weighted by Crippen LogP contribution is -2.52. The lowest BCUT2D eigenvalue weighted by molar-refractivity contribution is -0.137. The zero-order valence-electron chi connectivity index (χ0n) is 17.8. The maximum atomic E-state index is 13.7. The molecule has 158 valence electrons. The number of benzene rings is 1. The summed E-state index contributed by atoms with van der Waals surface area (Å²) in [6.45, 7) is 0. The Bertz CT molecular complexity index is 743. The van der Waals surface area contributed by atoms with Crippen molar-refractivity contribution < 1.29 is 14.3 Å². The Kier molecular flexibility index (Phi) is 6.12. The fourth-order valence-corrected chi connectivity index (χ4v) is 5.82. The minimum Gasteiger partial charge on any atom is -0.496 e. The van der Waals surface area contributed by atoms with Gasteiger partial charge in [-0.1, -0.05) is 44.2 Å². The Hall–Kier alpha value is -2.04. The number of likely N-dealkylation sites (N-methyl/N-ethyl adjacent to an activating group) is 1. The molecule has 2 amide bonds. The summed E-state index contributed by atoms with van der Waals surface area (Å²) in [5.41, 5.74) is 0.569. The molecule has 0 radical (unpaired) electrons. The van der Waals surface area contributed by atoms with Crippen molar-refractivity contribution in [2.45, 2.75) is 82.3 Å². The second-order valence-corrected chi connectivity index (χ2v) is 9.02. The van der Waals surface area contributed by atoms with Crippen molar-refractivity contribution in [3.05, 3.63) is 29.8 Å². The zero-order chi connectivity index (χ0) is 20.4. The standard InChI is InChI=1S/C24H34N2O3/c1-25(18-11-4-3-5-12-18)24(28)21-16-17-10-6-8-14-20(17)26(21)23(27)19-13-7-9-15-22(19)29-2/h7,9,13,15,17-18,20-21H,3-6,8,10-12,14,16H2,1-2H3/t17-,20-,21+/m1/s1. The average molecular weight is 399 g/mol. The van der Waals surface area contributed by atoms with Crippen molar-refractivity contribution in [3.63, 3.8) is 0 Å². The number of likely N-dealkylation sites (tertiary alicyclic amines) is 1. The normalized spacial score (nSPS) is 27.4. The third-order valence-corrected chi connectivity index (χ3v) is 7.42. The highest BCUT2D eigenvalue weighted by molar-refractivity contribution is 6.00. The van der Waals surface area contributed by atoms with E-state index >= 15 is 0 Å². The van der Waals surface area contributed by atoms with Crippen molar-refractivity contribution in [1.29, 1.82) is 0 Å². The molecular formula is C24H34N2O3. The number of rotatable bonds is 4. The van der Waals surface area contributed by atoms with Crippen LogP contribution in [0.2, 0.25) is 0 Å². The SMILES string of the molecule is COc1ccccc1C(=O)N1[C@@H]2CCCC[C@@H]2C[C@H]1C(=O)N(C)C1CCCCC1. The van der Waals surface area contributed by atoms with Crippen LogP contribution in [-0.2, 0) is 4.79 Å². The van der Waals surface area contributed by atoms with Gasteiger partial charge in [-0.3, -0.25) is 9.59 Å². The number of methoxy groups -OCH3 is 1. The number of carbonyl (C=O) groups excluding carboxylic acids is 2. The lowest BCUT2D eigenvalue weighted by atomic mass is 9.84. The van der Waals surface area contributed by atoms with Crippen molar-refractivity contribution in [1.82, 2.24) is 9.80 Å². The summed E-state index contributed by atoms with van der Waals surface area (Å²) in [6.07, 6.45) is 11.1. The summed E-state index contributed by atoms with van der Waals surface area (Å²) in [5.74, 6) is 1.11. The topological polar surface area (TPSA) is 49.9 Å². The van der Waals surface area contributed by atoms with E-state index in [9.17, 15) is 9.59 Å². The van der Waals surface area contributed by atoms with E-state index in [1.54, 1.807) is 7.11 Å². The van der Waals surface area contributed by atoms with Crippen molar-refractivity contribution in [2.75, 3.05) is 14.2 Å². The molecule has 4 rings (SSSR count). The maximum absolute atomic E-state index is 13.7. The average Bonchev–Trinajstić information content (AvgIpc) is 3.17. The smallest absolute Gasteiger partial charge is 0.258 e. The first-order valence-electron chi connectivity index (χ1n) is 11.3. The van der Waals surface area contributed by atoms with Gasteiger partial charge in [-0.15, -0.1) is 0 Å². The van der Waals surface area contributed by atoms with E-state index in [1.807, 2.05) is 41.1 Å². The Labute approximate surface area is 174 Å². The van der Waals surface area contributed by atoms with Gasteiger partial charge in [-0.25, -0.2) is 0 Å². The van der Waals surface area contributed by atoms with Gasteiger partial charge in [-0.05, 0) is 50.2 Å². The van der Waals surface area contributed by atoms with Crippen LogP contribution >= 0.6 is 0 Å². The molecule has 1 aliphatic heterocycles. The predicted molar refractivity (Wildman–Crippen MR) is 113 cm³/mol. The molecule has 0 spiro atoms. The van der Waals surface area contributed by atoms with Crippen LogP contribution in [0.25, 0.3) is 0 Å². The third kappa shape index (κ3) is 3.88. The minimum absolute atomic E-state index is 0.0488. The number of hydrogen-bond acceptors (Lipinski definition) is 3. The molecule has 1 aromatic carbocycles. The first-order chi connectivity index (χ1) is 14.1. The molecule has 29 heavy (non-hydrogen) atoms. The molecule has 0 unspecified atom stereocenters. The van der Waals surface area contributed by atoms with Gasteiger partial charge in [0.2, 0.25) is 5.91 Å². The van der Waals surface area contributed by atoms with E-state index in [-0.39, 0.29) is 23.9 Å². The molecule has 1 aromatic rings. The summed E-state index contributed by atoms with van der Waals surface area (Å²) < 4.78 is 5.46. The number of carbonyl (C=O) groups is 2. The van der Waals surface area contributed by atoms with E-state index in [4.69, 9.17) is 4.74 Å². The first kappa shape index (κ1) is 20.2. The summed E-state index contributed by atoms with van der Waals surface area (Å²) in [7, 11) is 3.55. The lowest BCUT2D eigenvalue weighted by Gasteiger charge is -2.37. The van der Waals surface area contributed by atoms with Crippen LogP contribution < -0.4 is 4.74 Å². The van der Waals surface area contributed by atoms with Crippen LogP contribution in [0.3, 0.4) is 0 Å². The predicted octanol–water partition coefficient (Wildman–Crippen LogP) is 4.26. The van der Waals surface area contributed by atoms with Gasteiger partial charge in [0, 0.05) is 19.1 Å². The number of fused-ring (bicyclic) bond motifs is 1. The number of para-hydroxylation sites is 1. The number of nitrogens with zero attached hydrogens (tertiary/aromatic N) is 2. The van der Waals surface area contributed by atoms with Crippen LogP contribution in [0.15, 0.2) is 24.3 Å². The van der Waals surface area contributed by atoms with E-state index < -0.39 is 0 Å². The van der Waals surface area contributed by atoms with Gasteiger partial charge < -0.3 is 14.5 Å². The molecule has 1 saturated heterocycles.